The Morgan fingerprint density at radius 1 is 1.62 bits per heavy atom. The Morgan fingerprint density at radius 3 is 3.00 bits per heavy atom. The van der Waals surface area contributed by atoms with Crippen molar-refractivity contribution in [2.24, 2.45) is 0 Å². The number of hydrogen-bond acceptors (Lipinski definition) is 3. The van der Waals surface area contributed by atoms with Crippen molar-refractivity contribution in [2.75, 3.05) is 5.32 Å². The molecule has 0 aliphatic carbocycles. The number of nitrogens with zero attached hydrogens (tertiary/aromatic N) is 2. The van der Waals surface area contributed by atoms with E-state index in [0.29, 0.717) is 5.69 Å². The molecule has 0 fully saturated rings. The first-order valence-corrected chi connectivity index (χ1v) is 5.16. The van der Waals surface area contributed by atoms with E-state index in [-0.39, 0.29) is 16.9 Å². The maximum Gasteiger partial charge on any atom is 0.291 e. The minimum atomic E-state index is -0.345. The fourth-order valence-corrected chi connectivity index (χ4v) is 1.38. The van der Waals surface area contributed by atoms with Gasteiger partial charge in [0.1, 0.15) is 0 Å². The first kappa shape index (κ1) is 10.8. The Hall–Kier alpha value is -1.75. The summed E-state index contributed by atoms with van der Waals surface area (Å²) >= 11 is 5.57. The molecule has 1 N–H and O–H groups in total. The molecule has 0 atom stereocenters. The topological polar surface area (TPSA) is 60.1 Å². The number of carbonyl (C=O) groups excluding carboxylic acids is 1. The quantitative estimate of drug-likeness (QED) is 0.895. The zero-order valence-electron chi connectivity index (χ0n) is 8.61. The monoisotopic (exact) mass is 239 g/mol. The zero-order chi connectivity index (χ0) is 11.5. The number of aromatic nitrogens is 2. The molecule has 2 rings (SSSR count). The molecule has 16 heavy (non-hydrogen) atoms. The third kappa shape index (κ3) is 2.25. The van der Waals surface area contributed by atoms with E-state index >= 15 is 0 Å². The van der Waals surface area contributed by atoms with Gasteiger partial charge in [-0.3, -0.25) is 9.48 Å². The highest BCUT2D eigenvalue weighted by atomic mass is 35.5. The standard InChI is InChI=1S/C10H10ClN3O2/c1-2-14-6-7(5-12-14)13-10(15)8-3-4-9(11)16-8/h3-6H,2H2,1H3,(H,13,15). The van der Waals surface area contributed by atoms with E-state index in [9.17, 15) is 4.79 Å². The van der Waals surface area contributed by atoms with Crippen LogP contribution in [0.2, 0.25) is 5.22 Å². The Labute approximate surface area is 97.0 Å². The number of hydrogen-bond donors (Lipinski definition) is 1. The fraction of sp³-hybridized carbons (Fsp3) is 0.200. The molecule has 0 aliphatic rings. The summed E-state index contributed by atoms with van der Waals surface area (Å²) in [5.74, 6) is -0.170. The lowest BCUT2D eigenvalue weighted by atomic mass is 10.4. The SMILES string of the molecule is CCn1cc(NC(=O)c2ccc(Cl)o2)cn1. The number of furan rings is 1. The lowest BCUT2D eigenvalue weighted by Gasteiger charge is -1.98. The molecule has 0 aliphatic heterocycles. The molecule has 84 valence electrons. The summed E-state index contributed by atoms with van der Waals surface area (Å²) in [5.41, 5.74) is 0.624. The predicted molar refractivity (Wildman–Crippen MR) is 59.6 cm³/mol. The summed E-state index contributed by atoms with van der Waals surface area (Å²) in [5, 5.41) is 6.87. The van der Waals surface area contributed by atoms with E-state index in [1.54, 1.807) is 17.1 Å². The summed E-state index contributed by atoms with van der Waals surface area (Å²) in [4.78, 5) is 11.6. The summed E-state index contributed by atoms with van der Waals surface area (Å²) in [6, 6.07) is 3.04. The second-order valence-corrected chi connectivity index (χ2v) is 3.52. The van der Waals surface area contributed by atoms with E-state index in [4.69, 9.17) is 16.0 Å². The average molecular weight is 240 g/mol. The number of carbonyl (C=O) groups is 1. The number of amides is 1. The molecule has 0 saturated carbocycles. The minimum Gasteiger partial charge on any atom is -0.440 e. The summed E-state index contributed by atoms with van der Waals surface area (Å²) in [6.07, 6.45) is 3.31. The van der Waals surface area contributed by atoms with Gasteiger partial charge >= 0.3 is 0 Å². The van der Waals surface area contributed by atoms with E-state index < -0.39 is 0 Å². The Morgan fingerprint density at radius 2 is 2.44 bits per heavy atom. The maximum absolute atomic E-state index is 11.6. The van der Waals surface area contributed by atoms with E-state index in [2.05, 4.69) is 10.4 Å². The molecule has 0 saturated heterocycles. The molecule has 0 unspecified atom stereocenters. The van der Waals surface area contributed by atoms with Crippen LogP contribution >= 0.6 is 11.6 Å². The molecule has 0 spiro atoms. The van der Waals surface area contributed by atoms with Crippen molar-refractivity contribution >= 4 is 23.2 Å². The molecule has 0 bridgehead atoms. The van der Waals surface area contributed by atoms with E-state index in [1.165, 1.54) is 12.1 Å². The Bertz CT molecular complexity index is 504. The Kier molecular flexibility index (Phi) is 2.96. The van der Waals surface area contributed by atoms with Gasteiger partial charge in [-0.25, -0.2) is 0 Å². The van der Waals surface area contributed by atoms with Crippen molar-refractivity contribution in [1.29, 1.82) is 0 Å². The maximum atomic E-state index is 11.6. The smallest absolute Gasteiger partial charge is 0.291 e. The van der Waals surface area contributed by atoms with Gasteiger partial charge in [-0.1, -0.05) is 0 Å². The lowest BCUT2D eigenvalue weighted by Crippen LogP contribution is -2.10. The average Bonchev–Trinajstić information content (AvgIpc) is 2.87. The van der Waals surface area contributed by atoms with Crippen LogP contribution in [0.5, 0.6) is 0 Å². The summed E-state index contributed by atoms with van der Waals surface area (Å²) in [6.45, 7) is 2.72. The molecule has 2 aromatic heterocycles. The van der Waals surface area contributed by atoms with E-state index in [1.807, 2.05) is 6.92 Å². The second-order valence-electron chi connectivity index (χ2n) is 3.14. The number of anilines is 1. The molecule has 1 amide bonds. The molecule has 2 heterocycles. The van der Waals surface area contributed by atoms with Crippen molar-refractivity contribution in [2.45, 2.75) is 13.5 Å². The molecular weight excluding hydrogens is 230 g/mol. The summed E-state index contributed by atoms with van der Waals surface area (Å²) in [7, 11) is 0. The normalized spacial score (nSPS) is 10.4. The van der Waals surface area contributed by atoms with Crippen LogP contribution in [-0.2, 0) is 6.54 Å². The van der Waals surface area contributed by atoms with Crippen molar-refractivity contribution < 1.29 is 9.21 Å². The molecule has 0 radical (unpaired) electrons. The van der Waals surface area contributed by atoms with Crippen LogP contribution in [-0.4, -0.2) is 15.7 Å². The van der Waals surface area contributed by atoms with Crippen LogP contribution in [0.15, 0.2) is 28.9 Å². The van der Waals surface area contributed by atoms with Gasteiger partial charge in [-0.2, -0.15) is 5.10 Å². The number of halogens is 1. The van der Waals surface area contributed by atoms with Crippen molar-refractivity contribution in [3.63, 3.8) is 0 Å². The highest BCUT2D eigenvalue weighted by Crippen LogP contribution is 2.15. The number of rotatable bonds is 3. The largest absolute Gasteiger partial charge is 0.440 e. The van der Waals surface area contributed by atoms with Gasteiger partial charge < -0.3 is 9.73 Å². The molecule has 5 nitrogen and oxygen atoms in total. The molecule has 2 aromatic rings. The van der Waals surface area contributed by atoms with Gasteiger partial charge in [0.2, 0.25) is 0 Å². The highest BCUT2D eigenvalue weighted by molar-refractivity contribution is 6.29. The third-order valence-electron chi connectivity index (χ3n) is 2.01. The van der Waals surface area contributed by atoms with Crippen LogP contribution in [0.4, 0.5) is 5.69 Å². The molecular formula is C10H10ClN3O2. The lowest BCUT2D eigenvalue weighted by molar-refractivity contribution is 0.0997. The van der Waals surface area contributed by atoms with Crippen molar-refractivity contribution in [1.82, 2.24) is 9.78 Å². The molecule has 0 aromatic carbocycles. The predicted octanol–water partition coefficient (Wildman–Crippen LogP) is 2.40. The van der Waals surface area contributed by atoms with Crippen molar-refractivity contribution in [3.8, 4) is 0 Å². The number of aryl methyl sites for hydroxylation is 1. The van der Waals surface area contributed by atoms with Gasteiger partial charge in [0.15, 0.2) is 11.0 Å². The van der Waals surface area contributed by atoms with Crippen LogP contribution in [0, 0.1) is 0 Å². The first-order chi connectivity index (χ1) is 7.69. The zero-order valence-corrected chi connectivity index (χ0v) is 9.36. The van der Waals surface area contributed by atoms with Gasteiger partial charge in [-0.15, -0.1) is 0 Å². The van der Waals surface area contributed by atoms with E-state index in [0.717, 1.165) is 6.54 Å². The van der Waals surface area contributed by atoms with Crippen LogP contribution in [0.1, 0.15) is 17.5 Å². The molecule has 6 heteroatoms. The minimum absolute atomic E-state index is 0.175. The van der Waals surface area contributed by atoms with Crippen molar-refractivity contribution in [3.05, 3.63) is 35.5 Å². The fourth-order valence-electron chi connectivity index (χ4n) is 1.23. The van der Waals surface area contributed by atoms with Gasteiger partial charge in [-0.05, 0) is 30.7 Å². The Balaban J connectivity index is 2.07. The van der Waals surface area contributed by atoms with Gasteiger partial charge in [0.25, 0.3) is 5.91 Å². The summed E-state index contributed by atoms with van der Waals surface area (Å²) < 4.78 is 6.69. The van der Waals surface area contributed by atoms with Gasteiger partial charge in [0.05, 0.1) is 11.9 Å². The van der Waals surface area contributed by atoms with Gasteiger partial charge in [0, 0.05) is 12.7 Å². The van der Waals surface area contributed by atoms with Crippen LogP contribution in [0.25, 0.3) is 0 Å². The number of nitrogens with one attached hydrogen (secondary N) is 1. The first-order valence-electron chi connectivity index (χ1n) is 4.78. The van der Waals surface area contributed by atoms with Crippen LogP contribution in [0.3, 0.4) is 0 Å². The third-order valence-corrected chi connectivity index (χ3v) is 2.22. The highest BCUT2D eigenvalue weighted by Gasteiger charge is 2.11. The second kappa shape index (κ2) is 4.40. The van der Waals surface area contributed by atoms with Crippen LogP contribution < -0.4 is 5.32 Å².